The van der Waals surface area contributed by atoms with Gasteiger partial charge in [0.1, 0.15) is 0 Å². The lowest BCUT2D eigenvalue weighted by Gasteiger charge is -2.05. The van der Waals surface area contributed by atoms with Gasteiger partial charge in [-0.25, -0.2) is 0 Å². The van der Waals surface area contributed by atoms with Gasteiger partial charge >= 0.3 is 0 Å². The number of nitrogens with two attached hydrogens (primary N) is 1. The molecule has 1 amide bonds. The fourth-order valence-corrected chi connectivity index (χ4v) is 1.79. The summed E-state index contributed by atoms with van der Waals surface area (Å²) in [5.74, 6) is -0.0991. The molecule has 92 valence electrons. The zero-order valence-corrected chi connectivity index (χ0v) is 11.3. The fourth-order valence-electron chi connectivity index (χ4n) is 1.52. The summed E-state index contributed by atoms with van der Waals surface area (Å²) < 4.78 is 1.02. The molecule has 0 saturated heterocycles. The molecular formula is C14H13BrN2O. The first-order valence-electron chi connectivity index (χ1n) is 5.53. The first-order chi connectivity index (χ1) is 8.65. The Kier molecular flexibility index (Phi) is 3.99. The van der Waals surface area contributed by atoms with Gasteiger partial charge < -0.3 is 11.1 Å². The van der Waals surface area contributed by atoms with E-state index in [-0.39, 0.29) is 5.91 Å². The van der Waals surface area contributed by atoms with Crippen LogP contribution in [0.3, 0.4) is 0 Å². The van der Waals surface area contributed by atoms with E-state index < -0.39 is 0 Å². The summed E-state index contributed by atoms with van der Waals surface area (Å²) in [6.45, 7) is 0.510. The van der Waals surface area contributed by atoms with Crippen molar-refractivity contribution in [1.29, 1.82) is 0 Å². The molecular weight excluding hydrogens is 292 g/mol. The van der Waals surface area contributed by atoms with Gasteiger partial charge in [0.2, 0.25) is 0 Å². The van der Waals surface area contributed by atoms with Gasteiger partial charge in [-0.2, -0.15) is 0 Å². The fraction of sp³-hybridized carbons (Fsp3) is 0.0714. The first-order valence-corrected chi connectivity index (χ1v) is 6.32. The second kappa shape index (κ2) is 5.69. The molecule has 0 saturated carbocycles. The van der Waals surface area contributed by atoms with Crippen LogP contribution >= 0.6 is 15.9 Å². The number of nitrogen functional groups attached to an aromatic ring is 1. The SMILES string of the molecule is Nc1ccc(C(=O)NCc2ccc(Br)cc2)cc1. The highest BCUT2D eigenvalue weighted by atomic mass is 79.9. The van der Waals surface area contributed by atoms with Crippen LogP contribution in [-0.2, 0) is 6.54 Å². The van der Waals surface area contributed by atoms with Gasteiger partial charge in [-0.1, -0.05) is 28.1 Å². The van der Waals surface area contributed by atoms with E-state index in [1.165, 1.54) is 0 Å². The first kappa shape index (κ1) is 12.6. The van der Waals surface area contributed by atoms with Crippen LogP contribution in [0, 0.1) is 0 Å². The molecule has 0 heterocycles. The van der Waals surface area contributed by atoms with E-state index in [9.17, 15) is 4.79 Å². The molecule has 0 radical (unpaired) electrons. The van der Waals surface area contributed by atoms with E-state index >= 15 is 0 Å². The Bertz CT molecular complexity index is 535. The smallest absolute Gasteiger partial charge is 0.251 e. The normalized spacial score (nSPS) is 10.1. The maximum Gasteiger partial charge on any atom is 0.251 e. The Morgan fingerprint density at radius 1 is 1.06 bits per heavy atom. The van der Waals surface area contributed by atoms with Crippen molar-refractivity contribution in [2.24, 2.45) is 0 Å². The van der Waals surface area contributed by atoms with Crippen LogP contribution in [0.25, 0.3) is 0 Å². The number of anilines is 1. The van der Waals surface area contributed by atoms with Crippen molar-refractivity contribution >= 4 is 27.5 Å². The van der Waals surface area contributed by atoms with Crippen LogP contribution in [0.4, 0.5) is 5.69 Å². The predicted molar refractivity (Wildman–Crippen MR) is 76.2 cm³/mol. The Labute approximate surface area is 114 Å². The number of nitrogens with one attached hydrogen (secondary N) is 1. The molecule has 0 aromatic heterocycles. The van der Waals surface area contributed by atoms with Gasteiger partial charge in [-0.3, -0.25) is 4.79 Å². The van der Waals surface area contributed by atoms with Crippen LogP contribution in [0.2, 0.25) is 0 Å². The number of benzene rings is 2. The molecule has 0 fully saturated rings. The number of carbonyl (C=O) groups is 1. The second-order valence-corrected chi connectivity index (χ2v) is 4.85. The van der Waals surface area contributed by atoms with Crippen molar-refractivity contribution in [3.63, 3.8) is 0 Å². The Hall–Kier alpha value is -1.81. The van der Waals surface area contributed by atoms with Gasteiger partial charge in [-0.15, -0.1) is 0 Å². The maximum atomic E-state index is 11.8. The summed E-state index contributed by atoms with van der Waals surface area (Å²) in [4.78, 5) is 11.8. The third-order valence-corrected chi connectivity index (χ3v) is 3.07. The average molecular weight is 305 g/mol. The van der Waals surface area contributed by atoms with E-state index in [1.54, 1.807) is 24.3 Å². The van der Waals surface area contributed by atoms with Crippen LogP contribution < -0.4 is 11.1 Å². The van der Waals surface area contributed by atoms with E-state index in [0.29, 0.717) is 17.8 Å². The molecule has 0 aliphatic heterocycles. The van der Waals surface area contributed by atoms with Gasteiger partial charge in [0.05, 0.1) is 0 Å². The maximum absolute atomic E-state index is 11.8. The Morgan fingerprint density at radius 2 is 1.67 bits per heavy atom. The summed E-state index contributed by atoms with van der Waals surface area (Å²) in [5.41, 5.74) is 7.89. The van der Waals surface area contributed by atoms with E-state index in [2.05, 4.69) is 21.2 Å². The van der Waals surface area contributed by atoms with Crippen molar-refractivity contribution < 1.29 is 4.79 Å². The van der Waals surface area contributed by atoms with Crippen LogP contribution in [0.5, 0.6) is 0 Å². The third kappa shape index (κ3) is 3.34. The number of amides is 1. The number of carbonyl (C=O) groups excluding carboxylic acids is 1. The van der Waals surface area contributed by atoms with E-state index in [0.717, 1.165) is 10.0 Å². The lowest BCUT2D eigenvalue weighted by atomic mass is 10.2. The van der Waals surface area contributed by atoms with Crippen LogP contribution in [0.1, 0.15) is 15.9 Å². The molecule has 18 heavy (non-hydrogen) atoms. The monoisotopic (exact) mass is 304 g/mol. The van der Waals surface area contributed by atoms with Crippen molar-refractivity contribution in [1.82, 2.24) is 5.32 Å². The molecule has 2 aromatic carbocycles. The average Bonchev–Trinajstić information content (AvgIpc) is 2.38. The minimum Gasteiger partial charge on any atom is -0.399 e. The van der Waals surface area contributed by atoms with Crippen LogP contribution in [0.15, 0.2) is 53.0 Å². The standard InChI is InChI=1S/C14H13BrN2O/c15-12-5-1-10(2-6-12)9-17-14(18)11-3-7-13(16)8-4-11/h1-8H,9,16H2,(H,17,18). The highest BCUT2D eigenvalue weighted by Gasteiger charge is 2.04. The Balaban J connectivity index is 1.96. The highest BCUT2D eigenvalue weighted by molar-refractivity contribution is 9.10. The number of hydrogen-bond acceptors (Lipinski definition) is 2. The predicted octanol–water partition coefficient (Wildman–Crippen LogP) is 2.96. The summed E-state index contributed by atoms with van der Waals surface area (Å²) >= 11 is 3.37. The molecule has 0 aliphatic rings. The van der Waals surface area contributed by atoms with Gasteiger partial charge in [0, 0.05) is 22.3 Å². The molecule has 0 bridgehead atoms. The zero-order chi connectivity index (χ0) is 13.0. The van der Waals surface area contributed by atoms with Crippen LogP contribution in [-0.4, -0.2) is 5.91 Å². The van der Waals surface area contributed by atoms with Crippen molar-refractivity contribution in [2.75, 3.05) is 5.73 Å². The van der Waals surface area contributed by atoms with Gasteiger partial charge in [-0.05, 0) is 42.0 Å². The largest absolute Gasteiger partial charge is 0.399 e. The minimum atomic E-state index is -0.0991. The molecule has 3 N–H and O–H groups in total. The molecule has 0 unspecified atom stereocenters. The minimum absolute atomic E-state index is 0.0991. The summed E-state index contributed by atoms with van der Waals surface area (Å²) in [6, 6.07) is 14.7. The van der Waals surface area contributed by atoms with Gasteiger partial charge in [0.15, 0.2) is 0 Å². The lowest BCUT2D eigenvalue weighted by Crippen LogP contribution is -2.22. The molecule has 0 aliphatic carbocycles. The molecule has 4 heteroatoms. The molecule has 3 nitrogen and oxygen atoms in total. The number of hydrogen-bond donors (Lipinski definition) is 2. The number of halogens is 1. The van der Waals surface area contributed by atoms with Crippen molar-refractivity contribution in [3.8, 4) is 0 Å². The molecule has 0 atom stereocenters. The quantitative estimate of drug-likeness (QED) is 0.857. The lowest BCUT2D eigenvalue weighted by molar-refractivity contribution is 0.0951. The molecule has 2 rings (SSSR count). The topological polar surface area (TPSA) is 55.1 Å². The summed E-state index contributed by atoms with van der Waals surface area (Å²) in [7, 11) is 0. The molecule has 0 spiro atoms. The third-order valence-electron chi connectivity index (χ3n) is 2.54. The van der Waals surface area contributed by atoms with E-state index in [1.807, 2.05) is 24.3 Å². The zero-order valence-electron chi connectivity index (χ0n) is 9.69. The Morgan fingerprint density at radius 3 is 2.28 bits per heavy atom. The van der Waals surface area contributed by atoms with E-state index in [4.69, 9.17) is 5.73 Å². The number of rotatable bonds is 3. The summed E-state index contributed by atoms with van der Waals surface area (Å²) in [6.07, 6.45) is 0. The summed E-state index contributed by atoms with van der Waals surface area (Å²) in [5, 5.41) is 2.86. The second-order valence-electron chi connectivity index (χ2n) is 3.93. The van der Waals surface area contributed by atoms with Crippen molar-refractivity contribution in [3.05, 3.63) is 64.1 Å². The highest BCUT2D eigenvalue weighted by Crippen LogP contribution is 2.10. The molecule has 2 aromatic rings. The van der Waals surface area contributed by atoms with Crippen molar-refractivity contribution in [2.45, 2.75) is 6.54 Å². The van der Waals surface area contributed by atoms with Gasteiger partial charge in [0.25, 0.3) is 5.91 Å².